The zero-order valence-electron chi connectivity index (χ0n) is 10.7. The summed E-state index contributed by atoms with van der Waals surface area (Å²) in [4.78, 5) is 16.3. The van der Waals surface area contributed by atoms with Crippen molar-refractivity contribution < 1.29 is 9.53 Å². The van der Waals surface area contributed by atoms with Crippen LogP contribution >= 0.6 is 34.2 Å². The van der Waals surface area contributed by atoms with Crippen LogP contribution in [0.15, 0.2) is 36.5 Å². The number of nitrogens with zero attached hydrogens (tertiary/aromatic N) is 1. The monoisotopic (exact) mass is 402 g/mol. The smallest absolute Gasteiger partial charge is 0.255 e. The quantitative estimate of drug-likeness (QED) is 0.787. The van der Waals surface area contributed by atoms with E-state index in [0.29, 0.717) is 28.8 Å². The van der Waals surface area contributed by atoms with Gasteiger partial charge in [-0.2, -0.15) is 0 Å². The summed E-state index contributed by atoms with van der Waals surface area (Å²) in [6, 6.07) is 8.63. The van der Waals surface area contributed by atoms with Gasteiger partial charge in [0.1, 0.15) is 5.69 Å². The Kier molecular flexibility index (Phi) is 5.19. The second-order valence-corrected chi connectivity index (χ2v) is 5.44. The molecule has 0 saturated carbocycles. The molecule has 1 N–H and O–H groups in total. The maximum Gasteiger partial charge on any atom is 0.255 e. The van der Waals surface area contributed by atoms with Gasteiger partial charge in [-0.05, 0) is 59.8 Å². The topological polar surface area (TPSA) is 51.2 Å². The summed E-state index contributed by atoms with van der Waals surface area (Å²) in [5.41, 5.74) is 1.02. The predicted octanol–water partition coefficient (Wildman–Crippen LogP) is 3.99. The number of nitrogens with one attached hydrogen (secondary N) is 1. The van der Waals surface area contributed by atoms with Gasteiger partial charge in [-0.15, -0.1) is 0 Å². The number of ether oxygens (including phenoxy) is 1. The van der Waals surface area contributed by atoms with Crippen LogP contribution in [0, 0.1) is 3.57 Å². The first-order chi connectivity index (χ1) is 9.61. The molecule has 0 aliphatic rings. The van der Waals surface area contributed by atoms with Crippen molar-refractivity contribution in [2.45, 2.75) is 6.92 Å². The molecule has 0 bridgehead atoms. The summed E-state index contributed by atoms with van der Waals surface area (Å²) >= 11 is 8.13. The standard InChI is InChI=1S/C14H12ClIN2O2/c1-2-20-14-12(4-3-7-17-14)18-13(19)9-5-6-11(16)10(15)8-9/h3-8H,2H2,1H3,(H,18,19). The van der Waals surface area contributed by atoms with Gasteiger partial charge in [-0.3, -0.25) is 4.79 Å². The minimum absolute atomic E-state index is 0.253. The van der Waals surface area contributed by atoms with Crippen molar-refractivity contribution in [3.63, 3.8) is 0 Å². The maximum atomic E-state index is 12.2. The van der Waals surface area contributed by atoms with Gasteiger partial charge in [0, 0.05) is 15.3 Å². The van der Waals surface area contributed by atoms with Crippen LogP contribution in [0.3, 0.4) is 0 Å². The van der Waals surface area contributed by atoms with Gasteiger partial charge in [-0.1, -0.05) is 11.6 Å². The number of halogens is 2. The molecule has 4 nitrogen and oxygen atoms in total. The third-order valence-corrected chi connectivity index (χ3v) is 4.05. The van der Waals surface area contributed by atoms with Crippen molar-refractivity contribution >= 4 is 45.8 Å². The molecular weight excluding hydrogens is 391 g/mol. The zero-order chi connectivity index (χ0) is 14.5. The molecule has 0 radical (unpaired) electrons. The molecule has 6 heteroatoms. The van der Waals surface area contributed by atoms with Gasteiger partial charge >= 0.3 is 0 Å². The highest BCUT2D eigenvalue weighted by molar-refractivity contribution is 14.1. The van der Waals surface area contributed by atoms with Crippen LogP contribution in [0.2, 0.25) is 5.02 Å². The SMILES string of the molecule is CCOc1ncccc1NC(=O)c1ccc(I)c(Cl)c1. The zero-order valence-corrected chi connectivity index (χ0v) is 13.6. The van der Waals surface area contributed by atoms with E-state index in [1.165, 1.54) is 0 Å². The van der Waals surface area contributed by atoms with E-state index in [1.807, 2.05) is 6.92 Å². The molecule has 20 heavy (non-hydrogen) atoms. The molecule has 0 unspecified atom stereocenters. The van der Waals surface area contributed by atoms with Crippen LogP contribution in [0.25, 0.3) is 0 Å². The van der Waals surface area contributed by atoms with Gasteiger partial charge in [-0.25, -0.2) is 4.98 Å². The van der Waals surface area contributed by atoms with E-state index < -0.39 is 0 Å². The third-order valence-electron chi connectivity index (χ3n) is 2.48. The summed E-state index contributed by atoms with van der Waals surface area (Å²) in [6.07, 6.45) is 1.61. The van der Waals surface area contributed by atoms with Gasteiger partial charge in [0.05, 0.1) is 11.6 Å². The number of carbonyl (C=O) groups is 1. The van der Waals surface area contributed by atoms with Crippen LogP contribution in [-0.4, -0.2) is 17.5 Å². The fourth-order valence-electron chi connectivity index (χ4n) is 1.57. The number of anilines is 1. The van der Waals surface area contributed by atoms with Crippen molar-refractivity contribution in [3.8, 4) is 5.88 Å². The summed E-state index contributed by atoms with van der Waals surface area (Å²) < 4.78 is 6.26. The van der Waals surface area contributed by atoms with Gasteiger partial charge < -0.3 is 10.1 Å². The number of rotatable bonds is 4. The summed E-state index contributed by atoms with van der Waals surface area (Å²) in [7, 11) is 0. The Bertz CT molecular complexity index is 634. The van der Waals surface area contributed by atoms with Crippen LogP contribution in [0.4, 0.5) is 5.69 Å². The van der Waals surface area contributed by atoms with E-state index in [1.54, 1.807) is 36.5 Å². The van der Waals surface area contributed by atoms with E-state index in [4.69, 9.17) is 16.3 Å². The largest absolute Gasteiger partial charge is 0.476 e. The Balaban J connectivity index is 2.21. The Morgan fingerprint density at radius 2 is 2.25 bits per heavy atom. The fraction of sp³-hybridized carbons (Fsp3) is 0.143. The Morgan fingerprint density at radius 3 is 2.95 bits per heavy atom. The predicted molar refractivity (Wildman–Crippen MR) is 87.5 cm³/mol. The molecule has 0 aliphatic heterocycles. The molecule has 0 atom stereocenters. The number of carbonyl (C=O) groups excluding carboxylic acids is 1. The van der Waals surface area contributed by atoms with Gasteiger partial charge in [0.2, 0.25) is 5.88 Å². The fourth-order valence-corrected chi connectivity index (χ4v) is 2.09. The van der Waals surface area contributed by atoms with E-state index in [2.05, 4.69) is 32.9 Å². The summed E-state index contributed by atoms with van der Waals surface area (Å²) in [5, 5.41) is 3.32. The van der Waals surface area contributed by atoms with Gasteiger partial charge in [0.25, 0.3) is 5.91 Å². The first-order valence-corrected chi connectivity index (χ1v) is 7.41. The van der Waals surface area contributed by atoms with E-state index in [0.717, 1.165) is 3.57 Å². The molecule has 2 rings (SSSR count). The molecule has 104 valence electrons. The van der Waals surface area contributed by atoms with Crippen molar-refractivity contribution in [2.24, 2.45) is 0 Å². The molecule has 1 amide bonds. The normalized spacial score (nSPS) is 10.2. The van der Waals surface area contributed by atoms with Gasteiger partial charge in [0.15, 0.2) is 0 Å². The number of pyridine rings is 1. The first-order valence-electron chi connectivity index (χ1n) is 5.96. The second-order valence-electron chi connectivity index (χ2n) is 3.87. The number of hydrogen-bond donors (Lipinski definition) is 1. The molecule has 0 fully saturated rings. The van der Waals surface area contributed by atoms with Crippen molar-refractivity contribution in [2.75, 3.05) is 11.9 Å². The highest BCUT2D eigenvalue weighted by Crippen LogP contribution is 2.23. The van der Waals surface area contributed by atoms with Crippen molar-refractivity contribution in [1.29, 1.82) is 0 Å². The van der Waals surface area contributed by atoms with Crippen LogP contribution < -0.4 is 10.1 Å². The second kappa shape index (κ2) is 6.90. The Morgan fingerprint density at radius 1 is 1.45 bits per heavy atom. The molecule has 1 heterocycles. The van der Waals surface area contributed by atoms with E-state index in [-0.39, 0.29) is 5.91 Å². The number of benzene rings is 1. The molecule has 1 aromatic heterocycles. The lowest BCUT2D eigenvalue weighted by molar-refractivity contribution is 0.102. The molecular formula is C14H12ClIN2O2. The lowest BCUT2D eigenvalue weighted by Gasteiger charge is -2.10. The lowest BCUT2D eigenvalue weighted by atomic mass is 10.2. The highest BCUT2D eigenvalue weighted by Gasteiger charge is 2.11. The third kappa shape index (κ3) is 3.61. The minimum atomic E-state index is -0.253. The maximum absolute atomic E-state index is 12.2. The Labute approximate surface area is 135 Å². The van der Waals surface area contributed by atoms with E-state index >= 15 is 0 Å². The molecule has 0 saturated heterocycles. The number of amides is 1. The number of aromatic nitrogens is 1. The van der Waals surface area contributed by atoms with Crippen molar-refractivity contribution in [1.82, 2.24) is 4.98 Å². The highest BCUT2D eigenvalue weighted by atomic mass is 127. The van der Waals surface area contributed by atoms with Crippen molar-refractivity contribution in [3.05, 3.63) is 50.7 Å². The molecule has 0 spiro atoms. The summed E-state index contributed by atoms with van der Waals surface area (Å²) in [6.45, 7) is 2.34. The van der Waals surface area contributed by atoms with E-state index in [9.17, 15) is 4.79 Å². The van der Waals surface area contributed by atoms with Crippen LogP contribution in [-0.2, 0) is 0 Å². The van der Waals surface area contributed by atoms with Crippen LogP contribution in [0.5, 0.6) is 5.88 Å². The molecule has 1 aromatic carbocycles. The average Bonchev–Trinajstić information content (AvgIpc) is 2.44. The average molecular weight is 403 g/mol. The minimum Gasteiger partial charge on any atom is -0.476 e. The summed E-state index contributed by atoms with van der Waals surface area (Å²) in [5.74, 6) is 0.150. The molecule has 0 aliphatic carbocycles. The lowest BCUT2D eigenvalue weighted by Crippen LogP contribution is -2.13. The Hall–Kier alpha value is -1.34. The molecule has 2 aromatic rings. The number of hydrogen-bond acceptors (Lipinski definition) is 3. The van der Waals surface area contributed by atoms with Crippen LogP contribution in [0.1, 0.15) is 17.3 Å². The first kappa shape index (κ1) is 15.1.